The summed E-state index contributed by atoms with van der Waals surface area (Å²) in [5.74, 6) is -3.41. The Bertz CT molecular complexity index is 990. The van der Waals surface area contributed by atoms with Crippen LogP contribution in [0, 0.1) is 12.8 Å². The van der Waals surface area contributed by atoms with Gasteiger partial charge in [0, 0.05) is 11.8 Å². The third kappa shape index (κ3) is 2.61. The lowest BCUT2D eigenvalue weighted by Crippen LogP contribution is -2.26. The second kappa shape index (κ2) is 5.55. The number of rotatable bonds is 4. The van der Waals surface area contributed by atoms with Crippen LogP contribution in [0.5, 0.6) is 0 Å². The van der Waals surface area contributed by atoms with Crippen LogP contribution < -0.4 is 5.73 Å². The van der Waals surface area contributed by atoms with Crippen LogP contribution in [0.1, 0.15) is 40.5 Å². The number of carbonyl (C=O) groups excluding carboxylic acids is 1. The molecule has 1 amide bonds. The van der Waals surface area contributed by atoms with Gasteiger partial charge in [-0.3, -0.25) is 4.79 Å². The number of primary amides is 1. The van der Waals surface area contributed by atoms with Crippen molar-refractivity contribution in [3.05, 3.63) is 35.3 Å². The van der Waals surface area contributed by atoms with Gasteiger partial charge in [-0.2, -0.15) is 18.3 Å². The van der Waals surface area contributed by atoms with Crippen LogP contribution in [-0.2, 0) is 0 Å². The Hall–Kier alpha value is -2.91. The number of hydrogen-bond acceptors (Lipinski definition) is 5. The molecular weight excluding hydrogens is 351 g/mol. The van der Waals surface area contributed by atoms with Crippen molar-refractivity contribution in [3.8, 4) is 11.4 Å². The molecule has 10 heteroatoms. The Balaban J connectivity index is 1.98. The van der Waals surface area contributed by atoms with Gasteiger partial charge in [0.1, 0.15) is 23.4 Å². The van der Waals surface area contributed by atoms with Gasteiger partial charge in [-0.25, -0.2) is 9.50 Å². The van der Waals surface area contributed by atoms with Crippen molar-refractivity contribution in [2.45, 2.75) is 31.9 Å². The minimum absolute atomic E-state index is 0.0135. The van der Waals surface area contributed by atoms with E-state index >= 15 is 0 Å². The Morgan fingerprint density at radius 3 is 2.65 bits per heavy atom. The number of fused-ring (bicyclic) bond motifs is 1. The largest absolute Gasteiger partial charge is 0.397 e. The summed E-state index contributed by atoms with van der Waals surface area (Å²) in [6, 6.07) is 3.16. The number of aryl methyl sites for hydroxylation is 1. The Morgan fingerprint density at radius 1 is 1.38 bits per heavy atom. The molecule has 3 heterocycles. The van der Waals surface area contributed by atoms with Gasteiger partial charge in [0.25, 0.3) is 5.91 Å². The van der Waals surface area contributed by atoms with Crippen LogP contribution in [0.25, 0.3) is 17.0 Å². The van der Waals surface area contributed by atoms with Crippen molar-refractivity contribution in [2.24, 2.45) is 11.7 Å². The number of carbonyl (C=O) groups is 1. The van der Waals surface area contributed by atoms with Crippen LogP contribution in [0.3, 0.4) is 0 Å². The van der Waals surface area contributed by atoms with E-state index in [0.717, 1.165) is 0 Å². The van der Waals surface area contributed by atoms with Crippen LogP contribution in [0.15, 0.2) is 22.9 Å². The smallest absolute Gasteiger partial charge is 0.365 e. The molecule has 1 unspecified atom stereocenters. The topological polar surface area (TPSA) is 99.3 Å². The quantitative estimate of drug-likeness (QED) is 0.766. The molecule has 3 aromatic rings. The average molecular weight is 365 g/mol. The summed E-state index contributed by atoms with van der Waals surface area (Å²) >= 11 is 0. The molecular formula is C16H14F3N5O2. The first-order valence-electron chi connectivity index (χ1n) is 7.95. The van der Waals surface area contributed by atoms with Crippen molar-refractivity contribution < 1.29 is 22.5 Å². The van der Waals surface area contributed by atoms with E-state index < -0.39 is 23.9 Å². The molecule has 0 spiro atoms. The molecule has 0 radical (unpaired) electrons. The highest BCUT2D eigenvalue weighted by Crippen LogP contribution is 2.51. The molecule has 2 N–H and O–H groups in total. The second-order valence-corrected chi connectivity index (χ2v) is 6.38. The highest BCUT2D eigenvalue weighted by atomic mass is 19.4. The molecule has 1 saturated carbocycles. The summed E-state index contributed by atoms with van der Waals surface area (Å²) in [7, 11) is 0. The molecule has 3 aromatic heterocycles. The highest BCUT2D eigenvalue weighted by Gasteiger charge is 2.52. The zero-order valence-electron chi connectivity index (χ0n) is 13.6. The summed E-state index contributed by atoms with van der Waals surface area (Å²) in [5, 5.41) is 7.84. The minimum atomic E-state index is -4.52. The van der Waals surface area contributed by atoms with Crippen molar-refractivity contribution in [1.82, 2.24) is 19.8 Å². The van der Waals surface area contributed by atoms with Crippen molar-refractivity contribution in [1.29, 1.82) is 0 Å². The standard InChI is InChI=1S/C16H14F3N5O2/c1-7-6-10(9-4-5-26-23-9)21-15-11(14(20)25)13(22-24(7)15)12(8-2-3-8)16(17,18)19/h4-6,8,12H,2-3H2,1H3,(H2,20,25). The van der Waals surface area contributed by atoms with Gasteiger partial charge in [0.05, 0.1) is 11.4 Å². The molecule has 136 valence electrons. The van der Waals surface area contributed by atoms with Crippen molar-refractivity contribution in [3.63, 3.8) is 0 Å². The first kappa shape index (κ1) is 16.6. The predicted molar refractivity (Wildman–Crippen MR) is 83.3 cm³/mol. The highest BCUT2D eigenvalue weighted by molar-refractivity contribution is 6.00. The molecule has 0 bridgehead atoms. The van der Waals surface area contributed by atoms with E-state index in [1.165, 1.54) is 10.8 Å². The third-order valence-electron chi connectivity index (χ3n) is 4.48. The van der Waals surface area contributed by atoms with E-state index in [0.29, 0.717) is 29.9 Å². The zero-order chi connectivity index (χ0) is 18.6. The van der Waals surface area contributed by atoms with Crippen LogP contribution in [0.2, 0.25) is 0 Å². The van der Waals surface area contributed by atoms with Gasteiger partial charge in [0.2, 0.25) is 0 Å². The molecule has 26 heavy (non-hydrogen) atoms. The fourth-order valence-corrected chi connectivity index (χ4v) is 3.19. The van der Waals surface area contributed by atoms with Gasteiger partial charge in [0.15, 0.2) is 5.65 Å². The lowest BCUT2D eigenvalue weighted by Gasteiger charge is -2.18. The van der Waals surface area contributed by atoms with Gasteiger partial charge < -0.3 is 10.3 Å². The molecule has 1 atom stereocenters. The maximum atomic E-state index is 13.6. The normalized spacial score (nSPS) is 16.2. The Morgan fingerprint density at radius 2 is 2.12 bits per heavy atom. The zero-order valence-corrected chi connectivity index (χ0v) is 13.6. The van der Waals surface area contributed by atoms with Gasteiger partial charge >= 0.3 is 6.18 Å². The first-order chi connectivity index (χ1) is 12.3. The SMILES string of the molecule is Cc1cc(-c2ccon2)nc2c(C(N)=O)c(C(C3CC3)C(F)(F)F)nn12. The fourth-order valence-electron chi connectivity index (χ4n) is 3.19. The maximum absolute atomic E-state index is 13.6. The van der Waals surface area contributed by atoms with Gasteiger partial charge in [-0.15, -0.1) is 0 Å². The van der Waals surface area contributed by atoms with Crippen molar-refractivity contribution in [2.75, 3.05) is 0 Å². The number of nitrogens with zero attached hydrogens (tertiary/aromatic N) is 4. The summed E-state index contributed by atoms with van der Waals surface area (Å²) in [4.78, 5) is 16.3. The molecule has 0 aliphatic heterocycles. The number of hydrogen-bond donors (Lipinski definition) is 1. The number of aromatic nitrogens is 4. The first-order valence-corrected chi connectivity index (χ1v) is 7.95. The molecule has 4 rings (SSSR count). The molecule has 1 aliphatic carbocycles. The Labute approximate surface area is 145 Å². The van der Waals surface area contributed by atoms with Gasteiger partial charge in [-0.1, -0.05) is 5.16 Å². The Kier molecular flexibility index (Phi) is 3.53. The lowest BCUT2D eigenvalue weighted by atomic mass is 9.95. The summed E-state index contributed by atoms with van der Waals surface area (Å²) < 4.78 is 46.9. The van der Waals surface area contributed by atoms with Crippen molar-refractivity contribution >= 4 is 11.6 Å². The van der Waals surface area contributed by atoms with E-state index in [9.17, 15) is 18.0 Å². The van der Waals surface area contributed by atoms with Crippen LogP contribution in [0.4, 0.5) is 13.2 Å². The lowest BCUT2D eigenvalue weighted by molar-refractivity contribution is -0.156. The second-order valence-electron chi connectivity index (χ2n) is 6.38. The van der Waals surface area contributed by atoms with Crippen LogP contribution in [-0.4, -0.2) is 31.8 Å². The van der Waals surface area contributed by atoms with E-state index in [2.05, 4.69) is 15.2 Å². The van der Waals surface area contributed by atoms with E-state index in [1.54, 1.807) is 19.1 Å². The summed E-state index contributed by atoms with van der Waals surface area (Å²) in [6.45, 7) is 1.65. The fraction of sp³-hybridized carbons (Fsp3) is 0.375. The molecule has 0 saturated heterocycles. The monoisotopic (exact) mass is 365 g/mol. The summed E-state index contributed by atoms with van der Waals surface area (Å²) in [5.41, 5.74) is 5.98. The predicted octanol–water partition coefficient (Wildman–Crippen LogP) is 2.85. The molecule has 0 aromatic carbocycles. The third-order valence-corrected chi connectivity index (χ3v) is 4.48. The summed E-state index contributed by atoms with van der Waals surface area (Å²) in [6.07, 6.45) is -2.30. The van der Waals surface area contributed by atoms with Gasteiger partial charge in [-0.05, 0) is 31.7 Å². The average Bonchev–Trinajstić information content (AvgIpc) is 3.07. The molecule has 1 fully saturated rings. The molecule has 1 aliphatic rings. The van der Waals surface area contributed by atoms with E-state index in [4.69, 9.17) is 10.3 Å². The van der Waals surface area contributed by atoms with Crippen LogP contribution >= 0.6 is 0 Å². The minimum Gasteiger partial charge on any atom is -0.365 e. The molecule has 7 nitrogen and oxygen atoms in total. The maximum Gasteiger partial charge on any atom is 0.397 e. The number of amides is 1. The van der Waals surface area contributed by atoms with E-state index in [-0.39, 0.29) is 16.9 Å². The number of alkyl halides is 3. The van der Waals surface area contributed by atoms with E-state index in [1.807, 2.05) is 0 Å². The number of nitrogens with two attached hydrogens (primary N) is 1. The number of halogens is 3.